The maximum atomic E-state index is 3.81. The summed E-state index contributed by atoms with van der Waals surface area (Å²) in [5.41, 5.74) is 1.83. The first-order chi connectivity index (χ1) is 5.86. The maximum Gasteiger partial charge on any atom is 0.0266 e. The predicted molar refractivity (Wildman–Crippen MR) is 58.2 cm³/mol. The van der Waals surface area contributed by atoms with Gasteiger partial charge in [-0.25, -0.2) is 0 Å². The molecule has 0 aromatic heterocycles. The highest BCUT2D eigenvalue weighted by molar-refractivity contribution is 7.85. The van der Waals surface area contributed by atoms with Crippen LogP contribution in [0.3, 0.4) is 0 Å². The summed E-state index contributed by atoms with van der Waals surface area (Å²) in [7, 11) is 0. The van der Waals surface area contributed by atoms with Gasteiger partial charge in [0.1, 0.15) is 0 Å². The molecule has 0 aliphatic heterocycles. The summed E-state index contributed by atoms with van der Waals surface area (Å²) >= 11 is 7.61. The van der Waals surface area contributed by atoms with Crippen LogP contribution in [0.5, 0.6) is 0 Å². The van der Waals surface area contributed by atoms with E-state index in [9.17, 15) is 0 Å². The van der Waals surface area contributed by atoms with Crippen LogP contribution >= 0.6 is 25.3 Å². The van der Waals surface area contributed by atoms with Gasteiger partial charge < -0.3 is 0 Å². The molecule has 0 spiro atoms. The lowest BCUT2D eigenvalue weighted by molar-refractivity contribution is 1.60. The Kier molecular flexibility index (Phi) is 3.67. The number of thiol groups is 2. The van der Waals surface area contributed by atoms with Gasteiger partial charge in [0.15, 0.2) is 0 Å². The second-order valence-electron chi connectivity index (χ2n) is 2.05. The summed E-state index contributed by atoms with van der Waals surface area (Å²) in [4.78, 5) is 0. The summed E-state index contributed by atoms with van der Waals surface area (Å²) in [6.45, 7) is 0. The molecule has 0 heterocycles. The normalized spacial score (nSPS) is 7.50. The Bertz CT molecular complexity index is 350. The van der Waals surface area contributed by atoms with Crippen molar-refractivity contribution >= 4 is 25.3 Å². The summed E-state index contributed by atoms with van der Waals surface area (Å²) < 4.78 is 0. The highest BCUT2D eigenvalue weighted by atomic mass is 32.1. The van der Waals surface area contributed by atoms with Crippen molar-refractivity contribution in [1.29, 1.82) is 0 Å². The van der Waals surface area contributed by atoms with Gasteiger partial charge in [-0.15, -0.1) is 0 Å². The number of rotatable bonds is 0. The molecule has 0 amide bonds. The molecular weight excluding hydrogens is 184 g/mol. The highest BCUT2D eigenvalue weighted by Crippen LogP contribution is 2.02. The fourth-order valence-electron chi connectivity index (χ4n) is 0.804. The van der Waals surface area contributed by atoms with Crippen molar-refractivity contribution in [3.63, 3.8) is 0 Å². The molecule has 1 aromatic carbocycles. The molecular formula is C10H6S2. The van der Waals surface area contributed by atoms with Gasteiger partial charge in [0, 0.05) is 11.1 Å². The van der Waals surface area contributed by atoms with Crippen molar-refractivity contribution in [2.75, 3.05) is 0 Å². The third-order valence-corrected chi connectivity index (χ3v) is 1.49. The van der Waals surface area contributed by atoms with Crippen LogP contribution in [0.2, 0.25) is 0 Å². The summed E-state index contributed by atoms with van der Waals surface area (Å²) in [5, 5.41) is 5.06. The van der Waals surface area contributed by atoms with E-state index in [-0.39, 0.29) is 0 Å². The van der Waals surface area contributed by atoms with Gasteiger partial charge in [-0.2, -0.15) is 0 Å². The van der Waals surface area contributed by atoms with Gasteiger partial charge in [0.05, 0.1) is 0 Å². The largest absolute Gasteiger partial charge is 0.0918 e. The first-order valence-corrected chi connectivity index (χ1v) is 4.16. The summed E-state index contributed by atoms with van der Waals surface area (Å²) in [6.07, 6.45) is 0. The van der Waals surface area contributed by atoms with Crippen LogP contribution in [0, 0.1) is 22.3 Å². The maximum absolute atomic E-state index is 3.81. The van der Waals surface area contributed by atoms with Crippen LogP contribution in [-0.4, -0.2) is 0 Å². The fourth-order valence-corrected chi connectivity index (χ4v) is 1.06. The molecule has 0 aliphatic carbocycles. The molecule has 1 aromatic rings. The van der Waals surface area contributed by atoms with E-state index in [2.05, 4.69) is 47.6 Å². The molecule has 0 saturated carbocycles. The van der Waals surface area contributed by atoms with Gasteiger partial charge >= 0.3 is 0 Å². The van der Waals surface area contributed by atoms with Gasteiger partial charge in [-0.3, -0.25) is 0 Å². The molecule has 0 N–H and O–H groups in total. The second kappa shape index (κ2) is 4.83. The zero-order valence-electron chi connectivity index (χ0n) is 6.20. The first-order valence-electron chi connectivity index (χ1n) is 3.27. The van der Waals surface area contributed by atoms with Crippen molar-refractivity contribution in [2.24, 2.45) is 0 Å². The Morgan fingerprint density at radius 3 is 1.83 bits per heavy atom. The summed E-state index contributed by atoms with van der Waals surface area (Å²) in [5.74, 6) is 5.66. The Labute approximate surface area is 83.2 Å². The van der Waals surface area contributed by atoms with E-state index in [1.807, 2.05) is 24.3 Å². The molecule has 2 heteroatoms. The van der Waals surface area contributed by atoms with Crippen LogP contribution in [-0.2, 0) is 0 Å². The number of benzene rings is 1. The quantitative estimate of drug-likeness (QED) is 0.454. The van der Waals surface area contributed by atoms with Crippen molar-refractivity contribution in [3.05, 3.63) is 35.4 Å². The second-order valence-corrected chi connectivity index (χ2v) is 2.50. The molecule has 0 fully saturated rings. The third kappa shape index (κ3) is 2.58. The zero-order chi connectivity index (χ0) is 8.81. The molecule has 12 heavy (non-hydrogen) atoms. The average Bonchev–Trinajstić information content (AvgIpc) is 2.06. The molecule has 0 unspecified atom stereocenters. The Balaban J connectivity index is 3.06. The topological polar surface area (TPSA) is 0 Å². The Morgan fingerprint density at radius 2 is 1.42 bits per heavy atom. The molecule has 0 aliphatic rings. The van der Waals surface area contributed by atoms with Gasteiger partial charge in [0.2, 0.25) is 0 Å². The van der Waals surface area contributed by atoms with Gasteiger partial charge in [-0.05, 0) is 28.7 Å². The molecule has 0 bridgehead atoms. The molecule has 0 saturated heterocycles. The SMILES string of the molecule is SC#Cc1cccc(C#CS)c1. The minimum atomic E-state index is 0.915. The fraction of sp³-hybridized carbons (Fsp3) is 0. The number of hydrogen-bond donors (Lipinski definition) is 2. The lowest BCUT2D eigenvalue weighted by atomic mass is 10.1. The van der Waals surface area contributed by atoms with Gasteiger partial charge in [0.25, 0.3) is 0 Å². The van der Waals surface area contributed by atoms with E-state index in [0.717, 1.165) is 11.1 Å². The average molecular weight is 190 g/mol. The molecule has 58 valence electrons. The highest BCUT2D eigenvalue weighted by Gasteiger charge is 1.87. The van der Waals surface area contributed by atoms with Gasteiger partial charge in [-0.1, -0.05) is 43.2 Å². The van der Waals surface area contributed by atoms with Crippen molar-refractivity contribution in [3.8, 4) is 22.3 Å². The van der Waals surface area contributed by atoms with Crippen LogP contribution in [0.25, 0.3) is 0 Å². The zero-order valence-corrected chi connectivity index (χ0v) is 7.99. The first kappa shape index (κ1) is 9.13. The van der Waals surface area contributed by atoms with E-state index >= 15 is 0 Å². The van der Waals surface area contributed by atoms with E-state index in [0.29, 0.717) is 0 Å². The minimum Gasteiger partial charge on any atom is -0.0918 e. The minimum absolute atomic E-state index is 0.915. The van der Waals surface area contributed by atoms with Crippen LogP contribution in [0.4, 0.5) is 0 Å². The number of hydrogen-bond acceptors (Lipinski definition) is 2. The monoisotopic (exact) mass is 190 g/mol. The van der Waals surface area contributed by atoms with E-state index in [4.69, 9.17) is 0 Å². The molecule has 0 atom stereocenters. The predicted octanol–water partition coefficient (Wildman–Crippen LogP) is 2.16. The van der Waals surface area contributed by atoms with Crippen LogP contribution in [0.1, 0.15) is 11.1 Å². The van der Waals surface area contributed by atoms with Crippen molar-refractivity contribution in [2.45, 2.75) is 0 Å². The molecule has 0 nitrogen and oxygen atoms in total. The smallest absolute Gasteiger partial charge is 0.0266 e. The van der Waals surface area contributed by atoms with E-state index in [1.165, 1.54) is 0 Å². The Morgan fingerprint density at radius 1 is 0.917 bits per heavy atom. The van der Waals surface area contributed by atoms with Crippen LogP contribution < -0.4 is 0 Å². The van der Waals surface area contributed by atoms with E-state index < -0.39 is 0 Å². The van der Waals surface area contributed by atoms with E-state index in [1.54, 1.807) is 0 Å². The lowest BCUT2D eigenvalue weighted by Crippen LogP contribution is -1.76. The Hall–Kier alpha value is -0.960. The van der Waals surface area contributed by atoms with Crippen molar-refractivity contribution in [1.82, 2.24) is 0 Å². The van der Waals surface area contributed by atoms with Crippen LogP contribution in [0.15, 0.2) is 24.3 Å². The molecule has 0 radical (unpaired) electrons. The molecule has 1 rings (SSSR count). The summed E-state index contributed by atoms with van der Waals surface area (Å²) in [6, 6.07) is 7.62. The lowest BCUT2D eigenvalue weighted by Gasteiger charge is -1.90. The standard InChI is InChI=1S/C10H6S2/c11-6-4-9-2-1-3-10(8-9)5-7-12/h1-3,8,11-12H. The third-order valence-electron chi connectivity index (χ3n) is 1.26. The van der Waals surface area contributed by atoms with Crippen molar-refractivity contribution < 1.29 is 0 Å².